The Labute approximate surface area is 598 Å². The summed E-state index contributed by atoms with van der Waals surface area (Å²) in [6, 6.07) is 60.2. The molecule has 20 heteroatoms. The van der Waals surface area contributed by atoms with Crippen molar-refractivity contribution in [3.8, 4) is 11.5 Å². The van der Waals surface area contributed by atoms with E-state index in [1.165, 1.54) is 16.8 Å². The summed E-state index contributed by atoms with van der Waals surface area (Å²) in [5.41, 5.74) is 15.8. The fourth-order valence-electron chi connectivity index (χ4n) is 9.71. The Bertz CT molecular complexity index is 3940. The molecule has 0 saturated heterocycles. The van der Waals surface area contributed by atoms with Crippen molar-refractivity contribution in [3.63, 3.8) is 0 Å². The zero-order valence-corrected chi connectivity index (χ0v) is 63.3. The lowest BCUT2D eigenvalue weighted by atomic mass is 10.0. The molecular formula is C77H83Cl5F2N2O8Si3. The Morgan fingerprint density at radius 2 is 0.629 bits per heavy atom. The molecule has 0 amide bonds. The third kappa shape index (κ3) is 23.8. The summed E-state index contributed by atoms with van der Waals surface area (Å²) in [6.07, 6.45) is 16.0. The number of hydrogen-bond acceptors (Lipinski definition) is 10. The van der Waals surface area contributed by atoms with Gasteiger partial charge in [0.05, 0.1) is 0 Å². The number of phenols is 1. The fourth-order valence-corrected chi connectivity index (χ4v) is 15.3. The summed E-state index contributed by atoms with van der Waals surface area (Å²) >= 11 is 28.7. The van der Waals surface area contributed by atoms with E-state index in [0.717, 1.165) is 94.8 Å². The maximum atomic E-state index is 13.4. The van der Waals surface area contributed by atoms with Gasteiger partial charge >= 0.3 is 23.6 Å². The first-order chi connectivity index (χ1) is 46.4. The normalized spacial score (nSPS) is 11.7. The maximum Gasteiger partial charge on any atom is 0.536 e. The third-order valence-corrected chi connectivity index (χ3v) is 24.2. The Kier molecular flexibility index (Phi) is 31.6. The number of benzene rings is 9. The van der Waals surface area contributed by atoms with Gasteiger partial charge in [-0.1, -0.05) is 194 Å². The lowest BCUT2D eigenvalue weighted by molar-refractivity contribution is 0.140. The predicted octanol–water partition coefficient (Wildman–Crippen LogP) is 18.2. The van der Waals surface area contributed by atoms with Gasteiger partial charge in [-0.15, -0.1) is 56.4 Å². The number of aromatic hydroxyl groups is 1. The Hall–Kier alpha value is -7.14. The van der Waals surface area contributed by atoms with Crippen molar-refractivity contribution < 1.29 is 45.2 Å². The van der Waals surface area contributed by atoms with Crippen LogP contribution in [0.15, 0.2) is 194 Å². The molecule has 0 fully saturated rings. The molecule has 0 aliphatic heterocycles. The van der Waals surface area contributed by atoms with Gasteiger partial charge in [0.25, 0.3) is 0 Å². The first kappa shape index (κ1) is 78.9. The Morgan fingerprint density at radius 1 is 0.371 bits per heavy atom. The van der Waals surface area contributed by atoms with Crippen molar-refractivity contribution in [3.05, 3.63) is 278 Å². The molecule has 0 heterocycles. The summed E-state index contributed by atoms with van der Waals surface area (Å²) in [5, 5.41) is 11.8. The van der Waals surface area contributed by atoms with E-state index in [1.807, 2.05) is 123 Å². The minimum atomic E-state index is -2.84. The lowest BCUT2D eigenvalue weighted by Crippen LogP contribution is -2.54. The topological polar surface area (TPSA) is 91.3 Å². The SMILES string of the molecule is CN(C)c1ccc(/C=C/c2ccc(/C=C/c3cc(F)c(O)c(F)c3)cc2)cc1.CO[Si](OC)(OC)c1ccc(CCl)cc1.CO[Si](OC)(OC)c1ccc(COc2c(C)cc(/C=C/c3ccc(/C=C/c4ccc(N(C)C)cc4)cc3)cc2C)cc1.ClCc1ccc([Si](Cl)(Cl)Cl)cc1. The molecule has 0 spiro atoms. The molecule has 9 aromatic rings. The summed E-state index contributed by atoms with van der Waals surface area (Å²) in [7, 11) is 12.2. The van der Waals surface area contributed by atoms with E-state index in [9.17, 15) is 8.78 Å². The smallest absolute Gasteiger partial charge is 0.503 e. The number of phenolic OH excluding ortho intramolecular Hbond substituents is 1. The third-order valence-electron chi connectivity index (χ3n) is 15.3. The highest BCUT2D eigenvalue weighted by atomic mass is 35.8. The van der Waals surface area contributed by atoms with Crippen LogP contribution in [0.25, 0.3) is 48.6 Å². The zero-order chi connectivity index (χ0) is 70.7. The van der Waals surface area contributed by atoms with Crippen LogP contribution in [-0.2, 0) is 44.9 Å². The van der Waals surface area contributed by atoms with Gasteiger partial charge in [0, 0.05) is 104 Å². The second-order valence-corrected chi connectivity index (χ2v) is 37.2. The molecular weight excluding hydrogens is 1380 g/mol. The molecule has 510 valence electrons. The molecule has 9 aromatic carbocycles. The highest BCUT2D eigenvalue weighted by Gasteiger charge is 2.41. The minimum Gasteiger partial charge on any atom is -0.503 e. The van der Waals surface area contributed by atoms with E-state index in [0.29, 0.717) is 23.9 Å². The van der Waals surface area contributed by atoms with Crippen molar-refractivity contribution in [1.82, 2.24) is 0 Å². The lowest BCUT2D eigenvalue weighted by Gasteiger charge is -2.24. The standard InChI is InChI=1S/C36H41NO4Si.C24H21F2NO.C10H15ClO3Si.C7H6Cl4Si/c1-27-24-33(15-14-30-10-8-29(9-11-30)12-13-31-16-20-34(21-17-31)37(3)4)25-28(2)36(27)41-26-32-18-22-35(23-19-32)42(38-5,39-6)40-7;1-27(2)21-13-11-19(12-14-21)8-7-17-3-5-18(6-4-17)9-10-20-15-22(25)24(28)23(26)16-20;1-12-15(13-2,14-3)10-6-4-9(8-11)5-7-10;8-5-6-1-3-7(4-2-6)12(9,10)11/h8-25H,26H2,1-7H3;3-16,28H,1-2H3;4-7H,8H2,1-3H3;1-4H,5H2/b13-12+,15-14+;8-7+,10-9+;;. The van der Waals surface area contributed by atoms with Crippen LogP contribution in [-0.4, -0.2) is 99.6 Å². The number of aryl methyl sites for hydroxylation is 2. The van der Waals surface area contributed by atoms with E-state index in [1.54, 1.807) is 54.8 Å². The van der Waals surface area contributed by atoms with Gasteiger partial charge in [0.15, 0.2) is 17.4 Å². The molecule has 0 unspecified atom stereocenters. The number of alkyl halides is 2. The highest BCUT2D eigenvalue weighted by molar-refractivity contribution is 7.69. The van der Waals surface area contributed by atoms with Crippen molar-refractivity contribution in [1.29, 1.82) is 0 Å². The fraction of sp³-hybridized carbons (Fsp3) is 0.195. The van der Waals surface area contributed by atoms with Crippen LogP contribution in [0.2, 0.25) is 0 Å². The van der Waals surface area contributed by atoms with Crippen LogP contribution in [0.1, 0.15) is 72.3 Å². The molecule has 1 N–H and O–H groups in total. The van der Waals surface area contributed by atoms with Crippen LogP contribution in [0, 0.1) is 25.5 Å². The molecule has 0 aliphatic carbocycles. The van der Waals surface area contributed by atoms with Crippen LogP contribution in [0.4, 0.5) is 20.2 Å². The van der Waals surface area contributed by atoms with E-state index >= 15 is 0 Å². The summed E-state index contributed by atoms with van der Waals surface area (Å²) < 4.78 is 65.8. The first-order valence-corrected chi connectivity index (χ1v) is 40.2. The largest absolute Gasteiger partial charge is 0.536 e. The molecule has 0 atom stereocenters. The quantitative estimate of drug-likeness (QED) is 0.0273. The van der Waals surface area contributed by atoms with E-state index in [2.05, 4.69) is 147 Å². The van der Waals surface area contributed by atoms with Crippen molar-refractivity contribution in [2.45, 2.75) is 32.2 Å². The summed E-state index contributed by atoms with van der Waals surface area (Å²) in [4.78, 5) is 4.16. The number of ether oxygens (including phenoxy) is 1. The number of anilines is 2. The Balaban J connectivity index is 0.000000230. The van der Waals surface area contributed by atoms with Gasteiger partial charge in [-0.2, -0.15) is 0 Å². The molecule has 97 heavy (non-hydrogen) atoms. The number of nitrogens with zero attached hydrogens (tertiary/aromatic N) is 2. The first-order valence-electron chi connectivity index (χ1n) is 30.6. The van der Waals surface area contributed by atoms with Crippen molar-refractivity contribution in [2.75, 3.05) is 80.6 Å². The average Bonchev–Trinajstić information content (AvgIpc) is 0.950. The molecule has 0 aromatic heterocycles. The molecule has 0 saturated carbocycles. The molecule has 10 nitrogen and oxygen atoms in total. The average molecular weight is 1460 g/mol. The molecule has 9 rings (SSSR count). The summed E-state index contributed by atoms with van der Waals surface area (Å²) in [5.74, 6) is -0.996. The van der Waals surface area contributed by atoms with Crippen molar-refractivity contribution in [2.24, 2.45) is 0 Å². The van der Waals surface area contributed by atoms with Gasteiger partial charge in [0.1, 0.15) is 12.4 Å². The number of rotatable bonds is 24. The second-order valence-electron chi connectivity index (χ2n) is 22.4. The van der Waals surface area contributed by atoms with Crippen LogP contribution in [0.5, 0.6) is 11.5 Å². The van der Waals surface area contributed by atoms with Gasteiger partial charge in [-0.25, -0.2) is 8.78 Å². The Morgan fingerprint density at radius 3 is 0.897 bits per heavy atom. The predicted molar refractivity (Wildman–Crippen MR) is 413 cm³/mol. The molecule has 0 aliphatic rings. The highest BCUT2D eigenvalue weighted by Crippen LogP contribution is 2.28. The van der Waals surface area contributed by atoms with Crippen LogP contribution in [0.3, 0.4) is 0 Å². The van der Waals surface area contributed by atoms with E-state index in [4.69, 9.17) is 92.8 Å². The monoisotopic (exact) mass is 1460 g/mol. The van der Waals surface area contributed by atoms with Gasteiger partial charge in [-0.3, -0.25) is 0 Å². The maximum absolute atomic E-state index is 13.4. The van der Waals surface area contributed by atoms with E-state index < -0.39 is 41.0 Å². The summed E-state index contributed by atoms with van der Waals surface area (Å²) in [6.45, 7) is 4.65. The van der Waals surface area contributed by atoms with Gasteiger partial charge in [-0.05, 0) is 140 Å². The zero-order valence-electron chi connectivity index (χ0n) is 56.6. The van der Waals surface area contributed by atoms with Gasteiger partial charge in [0.2, 0.25) is 0 Å². The number of hydrogen-bond donors (Lipinski definition) is 1. The van der Waals surface area contributed by atoms with Gasteiger partial charge < -0.3 is 46.2 Å². The van der Waals surface area contributed by atoms with Crippen LogP contribution >= 0.6 is 56.4 Å². The number of halogens is 7. The van der Waals surface area contributed by atoms with Crippen molar-refractivity contribution >= 4 is 156 Å². The molecule has 0 radical (unpaired) electrons. The molecule has 0 bridgehead atoms. The minimum absolute atomic E-state index is 0.345. The second kappa shape index (κ2) is 38.9. The van der Waals surface area contributed by atoms with Crippen LogP contribution < -0.4 is 30.1 Å². The van der Waals surface area contributed by atoms with E-state index in [-0.39, 0.29) is 0 Å².